The summed E-state index contributed by atoms with van der Waals surface area (Å²) in [4.78, 5) is 11.5. The van der Waals surface area contributed by atoms with Gasteiger partial charge in [-0.1, -0.05) is 12.0 Å². The number of piperazine rings is 1. The summed E-state index contributed by atoms with van der Waals surface area (Å²) in [5.41, 5.74) is 1.38. The van der Waals surface area contributed by atoms with E-state index in [-0.39, 0.29) is 35.6 Å². The lowest BCUT2D eigenvalue weighted by Gasteiger charge is -2.35. The van der Waals surface area contributed by atoms with Crippen molar-refractivity contribution < 1.29 is 19.0 Å². The Bertz CT molecular complexity index is 1600. The number of hydrogen-bond donors (Lipinski definition) is 3. The Hall–Kier alpha value is -3.80. The van der Waals surface area contributed by atoms with E-state index in [1.54, 1.807) is 13.1 Å². The first-order chi connectivity index (χ1) is 17.9. The van der Waals surface area contributed by atoms with Crippen molar-refractivity contribution in [2.75, 3.05) is 24.6 Å². The fraction of sp³-hybridized carbons (Fsp3) is 0.310. The molecule has 0 saturated carbocycles. The van der Waals surface area contributed by atoms with Crippen molar-refractivity contribution in [3.63, 3.8) is 0 Å². The number of pyridine rings is 2. The van der Waals surface area contributed by atoms with Gasteiger partial charge in [-0.25, -0.2) is 13.8 Å². The highest BCUT2D eigenvalue weighted by Crippen LogP contribution is 2.40. The summed E-state index contributed by atoms with van der Waals surface area (Å²) in [5, 5.41) is 25.4. The fourth-order valence-electron chi connectivity index (χ4n) is 5.94. The van der Waals surface area contributed by atoms with Crippen LogP contribution in [0.3, 0.4) is 0 Å². The zero-order valence-corrected chi connectivity index (χ0v) is 20.4. The molecule has 0 spiro atoms. The summed E-state index contributed by atoms with van der Waals surface area (Å²) in [6.45, 7) is 3.18. The van der Waals surface area contributed by atoms with Crippen LogP contribution < -0.4 is 10.2 Å². The number of benzene rings is 2. The highest BCUT2D eigenvalue weighted by atomic mass is 19.1. The van der Waals surface area contributed by atoms with Gasteiger partial charge in [-0.15, -0.1) is 6.42 Å². The molecule has 3 N–H and O–H groups in total. The second kappa shape index (κ2) is 8.94. The van der Waals surface area contributed by atoms with Gasteiger partial charge in [-0.3, -0.25) is 4.98 Å². The number of hydrogen-bond acceptors (Lipinski definition) is 6. The van der Waals surface area contributed by atoms with E-state index in [4.69, 9.17) is 11.4 Å². The van der Waals surface area contributed by atoms with Gasteiger partial charge in [0.05, 0.1) is 5.56 Å². The first-order valence-electron chi connectivity index (χ1n) is 12.4. The van der Waals surface area contributed by atoms with Crippen LogP contribution in [0.2, 0.25) is 0 Å². The minimum atomic E-state index is -0.607. The lowest BCUT2D eigenvalue weighted by Crippen LogP contribution is -2.51. The van der Waals surface area contributed by atoms with Gasteiger partial charge >= 0.3 is 0 Å². The Labute approximate surface area is 213 Å². The third-order valence-electron chi connectivity index (χ3n) is 7.62. The molecule has 2 atom stereocenters. The van der Waals surface area contributed by atoms with Crippen molar-refractivity contribution in [3.05, 3.63) is 58.9 Å². The first-order valence-corrected chi connectivity index (χ1v) is 12.4. The number of aliphatic hydroxyl groups is 1. The second-order valence-corrected chi connectivity index (χ2v) is 9.89. The number of phenols is 1. The van der Waals surface area contributed by atoms with Gasteiger partial charge < -0.3 is 20.4 Å². The van der Waals surface area contributed by atoms with Crippen LogP contribution in [0.25, 0.3) is 32.8 Å². The van der Waals surface area contributed by atoms with Crippen molar-refractivity contribution in [2.24, 2.45) is 0 Å². The maximum atomic E-state index is 16.5. The molecule has 188 valence electrons. The van der Waals surface area contributed by atoms with Gasteiger partial charge in [0.1, 0.15) is 23.1 Å². The molecule has 8 heteroatoms. The van der Waals surface area contributed by atoms with Gasteiger partial charge in [0.25, 0.3) is 0 Å². The zero-order chi connectivity index (χ0) is 25.8. The van der Waals surface area contributed by atoms with Crippen LogP contribution in [0, 0.1) is 30.9 Å². The molecular weight excluding hydrogens is 474 g/mol. The van der Waals surface area contributed by atoms with E-state index in [0.29, 0.717) is 50.7 Å². The minimum Gasteiger partial charge on any atom is -0.508 e. The average Bonchev–Trinajstić information content (AvgIpc) is 3.22. The predicted molar refractivity (Wildman–Crippen MR) is 140 cm³/mol. The molecule has 0 radical (unpaired) electrons. The Morgan fingerprint density at radius 2 is 1.92 bits per heavy atom. The lowest BCUT2D eigenvalue weighted by atomic mass is 9.94. The van der Waals surface area contributed by atoms with Gasteiger partial charge in [-0.05, 0) is 48.9 Å². The predicted octanol–water partition coefficient (Wildman–Crippen LogP) is 4.20. The lowest BCUT2D eigenvalue weighted by molar-refractivity contribution is 0.298. The van der Waals surface area contributed by atoms with Gasteiger partial charge in [0, 0.05) is 71.8 Å². The van der Waals surface area contributed by atoms with E-state index < -0.39 is 11.6 Å². The molecule has 2 fully saturated rings. The molecule has 2 bridgehead atoms. The van der Waals surface area contributed by atoms with Crippen LogP contribution in [-0.2, 0) is 6.42 Å². The van der Waals surface area contributed by atoms with E-state index in [1.165, 1.54) is 24.3 Å². The molecule has 6 rings (SSSR count). The molecule has 2 saturated heterocycles. The number of terminal acetylenes is 1. The number of aryl methyl sites for hydroxylation is 1. The summed E-state index contributed by atoms with van der Waals surface area (Å²) in [7, 11) is 0. The number of phenolic OH excluding ortho intramolecular Hbond substituents is 1. The number of aliphatic hydroxyl groups excluding tert-OH is 1. The Morgan fingerprint density at radius 3 is 2.62 bits per heavy atom. The molecule has 0 amide bonds. The average molecular weight is 501 g/mol. The summed E-state index contributed by atoms with van der Waals surface area (Å²) < 4.78 is 31.2. The Kier molecular flexibility index (Phi) is 5.70. The molecule has 37 heavy (non-hydrogen) atoms. The van der Waals surface area contributed by atoms with Crippen LogP contribution >= 0.6 is 0 Å². The zero-order valence-electron chi connectivity index (χ0n) is 20.4. The Balaban J connectivity index is 1.63. The number of halogens is 2. The largest absolute Gasteiger partial charge is 0.508 e. The molecule has 2 aromatic carbocycles. The molecule has 6 nitrogen and oxygen atoms in total. The molecule has 0 aliphatic carbocycles. The molecule has 2 aliphatic heterocycles. The number of anilines is 1. The summed E-state index contributed by atoms with van der Waals surface area (Å²) >= 11 is 0. The van der Waals surface area contributed by atoms with Gasteiger partial charge in [0.2, 0.25) is 0 Å². The molecule has 2 aromatic heterocycles. The maximum absolute atomic E-state index is 16.5. The monoisotopic (exact) mass is 500 g/mol. The minimum absolute atomic E-state index is 0.0156. The molecular formula is C29H26F2N4O2. The third kappa shape index (κ3) is 3.78. The van der Waals surface area contributed by atoms with Crippen LogP contribution in [0.15, 0.2) is 30.5 Å². The van der Waals surface area contributed by atoms with Crippen molar-refractivity contribution in [3.8, 4) is 29.4 Å². The van der Waals surface area contributed by atoms with Crippen molar-refractivity contribution in [2.45, 2.75) is 38.3 Å². The van der Waals surface area contributed by atoms with E-state index in [2.05, 4.69) is 21.1 Å². The van der Waals surface area contributed by atoms with E-state index in [0.717, 1.165) is 25.9 Å². The summed E-state index contributed by atoms with van der Waals surface area (Å²) in [6, 6.07) is 6.26. The first kappa shape index (κ1) is 23.6. The number of aromatic nitrogens is 2. The fourth-order valence-corrected chi connectivity index (χ4v) is 5.94. The van der Waals surface area contributed by atoms with E-state index >= 15 is 4.39 Å². The van der Waals surface area contributed by atoms with Crippen molar-refractivity contribution in [1.82, 2.24) is 15.3 Å². The van der Waals surface area contributed by atoms with Crippen molar-refractivity contribution >= 4 is 27.4 Å². The number of nitrogens with zero attached hydrogens (tertiary/aromatic N) is 3. The van der Waals surface area contributed by atoms with Crippen LogP contribution in [0.4, 0.5) is 14.6 Å². The third-order valence-corrected chi connectivity index (χ3v) is 7.62. The van der Waals surface area contributed by atoms with E-state index in [9.17, 15) is 14.6 Å². The summed E-state index contributed by atoms with van der Waals surface area (Å²) in [6.07, 6.45) is 9.68. The second-order valence-electron chi connectivity index (χ2n) is 9.89. The SMILES string of the molecule is C#Cc1c(F)ccc2cc(O)cc(-c3ncc4c(N5CC6CCC(C5)N6)nc(CCO)c(C)c4c3F)c12. The van der Waals surface area contributed by atoms with Crippen LogP contribution in [0.5, 0.6) is 5.75 Å². The van der Waals surface area contributed by atoms with Gasteiger partial charge in [0.15, 0.2) is 5.82 Å². The number of nitrogens with one attached hydrogen (secondary N) is 1. The molecule has 2 unspecified atom stereocenters. The highest BCUT2D eigenvalue weighted by Gasteiger charge is 2.34. The smallest absolute Gasteiger partial charge is 0.157 e. The standard InChI is InChI=1S/C29H26F2N4O2/c1-3-20-23(30)7-4-16-10-19(37)11-21(26(16)20)28-27(31)25-15(2)24(8-9-36)34-29(22(25)12-32-28)35-13-17-5-6-18(14-35)33-17/h1,4,7,10-12,17-18,33,36-37H,5-6,8-9,13-14H2,2H3. The quantitative estimate of drug-likeness (QED) is 0.365. The van der Waals surface area contributed by atoms with Crippen molar-refractivity contribution in [1.29, 1.82) is 0 Å². The number of fused-ring (bicyclic) bond motifs is 4. The highest BCUT2D eigenvalue weighted by molar-refractivity contribution is 6.04. The normalized spacial score (nSPS) is 19.1. The van der Waals surface area contributed by atoms with Gasteiger partial charge in [-0.2, -0.15) is 0 Å². The molecule has 4 heterocycles. The van der Waals surface area contributed by atoms with E-state index in [1.807, 2.05) is 0 Å². The topological polar surface area (TPSA) is 81.5 Å². The van der Waals surface area contributed by atoms with Crippen LogP contribution in [-0.4, -0.2) is 52.0 Å². The number of aromatic hydroxyl groups is 1. The van der Waals surface area contributed by atoms with Crippen LogP contribution in [0.1, 0.15) is 29.7 Å². The molecule has 2 aliphatic rings. The number of rotatable bonds is 4. The summed E-state index contributed by atoms with van der Waals surface area (Å²) in [5.74, 6) is 1.70. The Morgan fingerprint density at radius 1 is 1.16 bits per heavy atom. The molecule has 4 aromatic rings. The maximum Gasteiger partial charge on any atom is 0.157 e.